The van der Waals surface area contributed by atoms with Crippen LogP contribution in [0.4, 0.5) is 4.39 Å². The van der Waals surface area contributed by atoms with Gasteiger partial charge in [-0.3, -0.25) is 9.89 Å². The first-order valence-electron chi connectivity index (χ1n) is 8.58. The highest BCUT2D eigenvalue weighted by molar-refractivity contribution is 6.33. The summed E-state index contributed by atoms with van der Waals surface area (Å²) in [6.45, 7) is 1.29. The molecule has 1 N–H and O–H groups in total. The number of ether oxygens (including phenoxy) is 1. The highest BCUT2D eigenvalue weighted by Crippen LogP contribution is 2.27. The Balaban J connectivity index is 1.51. The van der Waals surface area contributed by atoms with E-state index in [4.69, 9.17) is 16.3 Å². The number of nitrogens with one attached hydrogen (secondary N) is 1. The van der Waals surface area contributed by atoms with E-state index in [2.05, 4.69) is 10.2 Å². The first-order chi connectivity index (χ1) is 13.1. The van der Waals surface area contributed by atoms with E-state index in [0.29, 0.717) is 36.1 Å². The summed E-state index contributed by atoms with van der Waals surface area (Å²) in [7, 11) is 0. The topological polar surface area (TPSA) is 58.2 Å². The van der Waals surface area contributed by atoms with Gasteiger partial charge in [-0.05, 0) is 29.8 Å². The fraction of sp³-hybridized carbons (Fsp3) is 0.200. The third kappa shape index (κ3) is 3.72. The number of halogens is 2. The number of benzene rings is 2. The Hall–Kier alpha value is -2.70. The van der Waals surface area contributed by atoms with Gasteiger partial charge in [0.25, 0.3) is 5.91 Å². The predicted octanol–water partition coefficient (Wildman–Crippen LogP) is 4.08. The van der Waals surface area contributed by atoms with E-state index >= 15 is 0 Å². The van der Waals surface area contributed by atoms with E-state index in [0.717, 1.165) is 11.1 Å². The number of carbonyl (C=O) groups is 1. The number of nitrogens with zero attached hydrogens (tertiary/aromatic N) is 2. The Morgan fingerprint density at radius 2 is 2.00 bits per heavy atom. The predicted molar refractivity (Wildman–Crippen MR) is 100 cm³/mol. The zero-order chi connectivity index (χ0) is 18.8. The van der Waals surface area contributed by atoms with Crippen LogP contribution in [0.5, 0.6) is 0 Å². The molecule has 1 amide bonds. The second-order valence-electron chi connectivity index (χ2n) is 6.31. The zero-order valence-electron chi connectivity index (χ0n) is 14.4. The van der Waals surface area contributed by atoms with Gasteiger partial charge in [0, 0.05) is 12.1 Å². The van der Waals surface area contributed by atoms with Crippen LogP contribution in [0, 0.1) is 5.82 Å². The molecule has 0 unspecified atom stereocenters. The van der Waals surface area contributed by atoms with Crippen molar-refractivity contribution < 1.29 is 13.9 Å². The van der Waals surface area contributed by atoms with E-state index in [1.807, 2.05) is 18.2 Å². The first kappa shape index (κ1) is 17.7. The van der Waals surface area contributed by atoms with E-state index in [-0.39, 0.29) is 17.8 Å². The summed E-state index contributed by atoms with van der Waals surface area (Å²) in [6, 6.07) is 15.2. The summed E-state index contributed by atoms with van der Waals surface area (Å²) in [5, 5.41) is 7.60. The lowest BCUT2D eigenvalue weighted by Gasteiger charge is -2.32. The number of amides is 1. The third-order valence-corrected chi connectivity index (χ3v) is 4.88. The number of H-pyrrole nitrogens is 1. The average Bonchev–Trinajstić information content (AvgIpc) is 3.18. The van der Waals surface area contributed by atoms with Crippen molar-refractivity contribution in [2.24, 2.45) is 0 Å². The molecule has 1 saturated heterocycles. The maximum Gasteiger partial charge on any atom is 0.272 e. The largest absolute Gasteiger partial charge is 0.370 e. The SMILES string of the molecule is O=C(c1cc(-c2ccccc2Cl)n[nH]1)N1CCO[C@H](c2ccc(F)cc2)C1. The number of rotatable bonds is 3. The van der Waals surface area contributed by atoms with Gasteiger partial charge in [0.1, 0.15) is 17.6 Å². The molecule has 2 aromatic carbocycles. The van der Waals surface area contributed by atoms with Gasteiger partial charge >= 0.3 is 0 Å². The van der Waals surface area contributed by atoms with Crippen molar-refractivity contribution in [3.8, 4) is 11.3 Å². The number of aromatic amines is 1. The van der Waals surface area contributed by atoms with Crippen LogP contribution in [-0.4, -0.2) is 40.7 Å². The number of carbonyl (C=O) groups excluding carboxylic acids is 1. The minimum atomic E-state index is -0.299. The van der Waals surface area contributed by atoms with Gasteiger partial charge in [-0.1, -0.05) is 41.9 Å². The highest BCUT2D eigenvalue weighted by atomic mass is 35.5. The molecule has 1 aliphatic heterocycles. The lowest BCUT2D eigenvalue weighted by atomic mass is 10.1. The molecule has 0 bridgehead atoms. The second kappa shape index (κ2) is 7.50. The normalized spacial score (nSPS) is 17.1. The third-order valence-electron chi connectivity index (χ3n) is 4.55. The molecular formula is C20H17ClFN3O2. The summed E-state index contributed by atoms with van der Waals surface area (Å²) >= 11 is 6.20. The highest BCUT2D eigenvalue weighted by Gasteiger charge is 2.27. The standard InChI is InChI=1S/C20H17ClFN3O2/c21-16-4-2-1-3-15(16)17-11-18(24-23-17)20(26)25-9-10-27-19(12-25)13-5-7-14(22)8-6-13/h1-8,11,19H,9-10,12H2,(H,23,24)/t19-/m0/s1. The van der Waals surface area contributed by atoms with Crippen LogP contribution in [0.3, 0.4) is 0 Å². The molecule has 1 fully saturated rings. The summed E-state index contributed by atoms with van der Waals surface area (Å²) in [6.07, 6.45) is -0.283. The molecule has 4 rings (SSSR count). The van der Waals surface area contributed by atoms with Crippen molar-refractivity contribution >= 4 is 17.5 Å². The van der Waals surface area contributed by atoms with Gasteiger partial charge in [0.05, 0.1) is 23.9 Å². The number of aromatic nitrogens is 2. The van der Waals surface area contributed by atoms with E-state index < -0.39 is 0 Å². The molecule has 0 saturated carbocycles. The van der Waals surface area contributed by atoms with Crippen molar-refractivity contribution in [3.05, 3.63) is 76.7 Å². The Kier molecular flexibility index (Phi) is 4.92. The molecule has 0 spiro atoms. The Morgan fingerprint density at radius 1 is 1.22 bits per heavy atom. The molecule has 7 heteroatoms. The van der Waals surface area contributed by atoms with E-state index in [1.54, 1.807) is 29.2 Å². The molecule has 1 aromatic heterocycles. The van der Waals surface area contributed by atoms with Gasteiger partial charge in [-0.2, -0.15) is 5.10 Å². The van der Waals surface area contributed by atoms with Crippen LogP contribution in [0.1, 0.15) is 22.2 Å². The summed E-state index contributed by atoms with van der Waals surface area (Å²) in [5.41, 5.74) is 2.62. The maximum atomic E-state index is 13.1. The van der Waals surface area contributed by atoms with Crippen LogP contribution in [0.2, 0.25) is 5.02 Å². The summed E-state index contributed by atoms with van der Waals surface area (Å²) in [4.78, 5) is 14.6. The van der Waals surface area contributed by atoms with Gasteiger partial charge in [0.2, 0.25) is 0 Å². The Morgan fingerprint density at radius 3 is 2.78 bits per heavy atom. The minimum absolute atomic E-state index is 0.156. The zero-order valence-corrected chi connectivity index (χ0v) is 15.1. The van der Waals surface area contributed by atoms with Gasteiger partial charge in [0.15, 0.2) is 0 Å². The molecule has 1 atom stereocenters. The fourth-order valence-electron chi connectivity index (χ4n) is 3.12. The quantitative estimate of drug-likeness (QED) is 0.739. The van der Waals surface area contributed by atoms with Crippen molar-refractivity contribution in [1.29, 1.82) is 0 Å². The fourth-order valence-corrected chi connectivity index (χ4v) is 3.35. The second-order valence-corrected chi connectivity index (χ2v) is 6.72. The number of hydrogen-bond donors (Lipinski definition) is 1. The van der Waals surface area contributed by atoms with Crippen molar-refractivity contribution in [2.45, 2.75) is 6.10 Å². The molecule has 0 radical (unpaired) electrons. The van der Waals surface area contributed by atoms with Gasteiger partial charge < -0.3 is 9.64 Å². The monoisotopic (exact) mass is 385 g/mol. The first-order valence-corrected chi connectivity index (χ1v) is 8.96. The Bertz CT molecular complexity index is 958. The smallest absolute Gasteiger partial charge is 0.272 e. The molecular weight excluding hydrogens is 369 g/mol. The molecule has 5 nitrogen and oxygen atoms in total. The van der Waals surface area contributed by atoms with Crippen LogP contribution < -0.4 is 0 Å². The van der Waals surface area contributed by atoms with Crippen LogP contribution in [0.25, 0.3) is 11.3 Å². The maximum absolute atomic E-state index is 13.1. The average molecular weight is 386 g/mol. The summed E-state index contributed by atoms with van der Waals surface area (Å²) < 4.78 is 18.9. The van der Waals surface area contributed by atoms with Crippen LogP contribution in [0.15, 0.2) is 54.6 Å². The lowest BCUT2D eigenvalue weighted by molar-refractivity contribution is -0.0230. The van der Waals surface area contributed by atoms with E-state index in [1.165, 1.54) is 12.1 Å². The van der Waals surface area contributed by atoms with Crippen molar-refractivity contribution in [3.63, 3.8) is 0 Å². The van der Waals surface area contributed by atoms with Gasteiger partial charge in [-0.15, -0.1) is 0 Å². The Labute approximate surface area is 160 Å². The van der Waals surface area contributed by atoms with Crippen LogP contribution >= 0.6 is 11.6 Å². The van der Waals surface area contributed by atoms with Gasteiger partial charge in [-0.25, -0.2) is 4.39 Å². The molecule has 1 aliphatic rings. The molecule has 27 heavy (non-hydrogen) atoms. The van der Waals surface area contributed by atoms with Crippen LogP contribution in [-0.2, 0) is 4.74 Å². The minimum Gasteiger partial charge on any atom is -0.370 e. The lowest BCUT2D eigenvalue weighted by Crippen LogP contribution is -2.42. The molecule has 0 aliphatic carbocycles. The number of hydrogen-bond acceptors (Lipinski definition) is 3. The summed E-state index contributed by atoms with van der Waals surface area (Å²) in [5.74, 6) is -0.455. The van der Waals surface area contributed by atoms with E-state index in [9.17, 15) is 9.18 Å². The molecule has 2 heterocycles. The van der Waals surface area contributed by atoms with Crippen molar-refractivity contribution in [2.75, 3.05) is 19.7 Å². The number of morpholine rings is 1. The molecule has 138 valence electrons. The molecule has 3 aromatic rings. The van der Waals surface area contributed by atoms with Crippen molar-refractivity contribution in [1.82, 2.24) is 15.1 Å².